The zero-order chi connectivity index (χ0) is 17.0. The molecule has 0 bridgehead atoms. The van der Waals surface area contributed by atoms with Gasteiger partial charge in [0.05, 0.1) is 42.6 Å². The van der Waals surface area contributed by atoms with Crippen molar-refractivity contribution >= 4 is 17.3 Å². The molecule has 0 unspecified atom stereocenters. The third-order valence-corrected chi connectivity index (χ3v) is 3.08. The normalized spacial score (nSPS) is 11.3. The third-order valence-electron chi connectivity index (χ3n) is 3.08. The molecule has 0 atom stereocenters. The van der Waals surface area contributed by atoms with Crippen LogP contribution in [-0.2, 0) is 17.8 Å². The number of imidazole rings is 1. The molecule has 0 amide bonds. The third kappa shape index (κ3) is 4.38. The van der Waals surface area contributed by atoms with Crippen molar-refractivity contribution in [3.05, 3.63) is 42.0 Å². The van der Waals surface area contributed by atoms with Gasteiger partial charge in [0.25, 0.3) is 0 Å². The highest BCUT2D eigenvalue weighted by Crippen LogP contribution is 2.22. The van der Waals surface area contributed by atoms with Crippen molar-refractivity contribution in [1.82, 2.24) is 9.55 Å². The second-order valence-electron chi connectivity index (χ2n) is 4.78. The summed E-state index contributed by atoms with van der Waals surface area (Å²) >= 11 is 0. The number of halogens is 3. The van der Waals surface area contributed by atoms with E-state index in [1.807, 2.05) is 0 Å². The van der Waals surface area contributed by atoms with Crippen LogP contribution in [0.5, 0.6) is 0 Å². The van der Waals surface area contributed by atoms with Gasteiger partial charge in [-0.05, 0) is 18.2 Å². The van der Waals surface area contributed by atoms with Crippen molar-refractivity contribution < 1.29 is 22.7 Å². The van der Waals surface area contributed by atoms with E-state index >= 15 is 0 Å². The van der Waals surface area contributed by atoms with Crippen LogP contribution in [0.2, 0.25) is 0 Å². The average Bonchev–Trinajstić information content (AvgIpc) is 2.90. The number of aromatic nitrogens is 2. The Balaban J connectivity index is 2.12. The summed E-state index contributed by atoms with van der Waals surface area (Å²) < 4.78 is 43.0. The predicted molar refractivity (Wildman–Crippen MR) is 77.8 cm³/mol. The highest BCUT2D eigenvalue weighted by atomic mass is 19.4. The van der Waals surface area contributed by atoms with Gasteiger partial charge in [0.15, 0.2) is 0 Å². The molecule has 2 rings (SSSR count). The van der Waals surface area contributed by atoms with Crippen molar-refractivity contribution in [1.29, 1.82) is 0 Å². The van der Waals surface area contributed by atoms with Crippen LogP contribution in [0.4, 0.5) is 24.5 Å². The number of esters is 1. The van der Waals surface area contributed by atoms with Gasteiger partial charge in [-0.25, -0.2) is 9.78 Å². The molecule has 1 aromatic carbocycles. The number of hydrogen-bond donors (Lipinski definition) is 2. The number of rotatable bonds is 5. The van der Waals surface area contributed by atoms with Crippen molar-refractivity contribution in [2.45, 2.75) is 19.3 Å². The first-order chi connectivity index (χ1) is 10.8. The lowest BCUT2D eigenvalue weighted by molar-refractivity contribution is -0.141. The predicted octanol–water partition coefficient (Wildman–Crippen LogP) is 2.43. The van der Waals surface area contributed by atoms with Crippen molar-refractivity contribution in [3.8, 4) is 0 Å². The lowest BCUT2D eigenvalue weighted by Gasteiger charge is -2.13. The molecule has 0 spiro atoms. The number of carbonyl (C=O) groups excluding carboxylic acids is 1. The van der Waals surface area contributed by atoms with Gasteiger partial charge in [-0.15, -0.1) is 0 Å². The number of nitrogen functional groups attached to an aromatic ring is 1. The molecule has 23 heavy (non-hydrogen) atoms. The molecule has 1 heterocycles. The molecule has 1 aromatic heterocycles. The SMILES string of the molecule is COC(=O)c1ccc(N)c(NCc2cncn2CC(F)(F)F)c1. The Hall–Kier alpha value is -2.71. The van der Waals surface area contributed by atoms with Gasteiger partial charge in [-0.1, -0.05) is 0 Å². The number of nitrogens with zero attached hydrogens (tertiary/aromatic N) is 2. The number of methoxy groups -OCH3 is 1. The Bertz CT molecular complexity index is 698. The van der Waals surface area contributed by atoms with Gasteiger partial charge >= 0.3 is 12.1 Å². The second-order valence-corrected chi connectivity index (χ2v) is 4.78. The highest BCUT2D eigenvalue weighted by Gasteiger charge is 2.28. The van der Waals surface area contributed by atoms with E-state index < -0.39 is 18.7 Å². The first-order valence-corrected chi connectivity index (χ1v) is 6.57. The molecule has 124 valence electrons. The van der Waals surface area contributed by atoms with Crippen LogP contribution in [0.25, 0.3) is 0 Å². The van der Waals surface area contributed by atoms with E-state index in [-0.39, 0.29) is 12.1 Å². The van der Waals surface area contributed by atoms with Crippen LogP contribution in [0.15, 0.2) is 30.7 Å². The molecule has 9 heteroatoms. The number of nitrogens with one attached hydrogen (secondary N) is 1. The van der Waals surface area contributed by atoms with E-state index in [1.54, 1.807) is 0 Å². The van der Waals surface area contributed by atoms with Crippen LogP contribution in [0.3, 0.4) is 0 Å². The van der Waals surface area contributed by atoms with E-state index in [4.69, 9.17) is 5.73 Å². The minimum atomic E-state index is -4.33. The number of hydrogen-bond acceptors (Lipinski definition) is 5. The Morgan fingerprint density at radius 2 is 2.17 bits per heavy atom. The van der Waals surface area contributed by atoms with E-state index in [2.05, 4.69) is 15.0 Å². The molecule has 0 fully saturated rings. The summed E-state index contributed by atoms with van der Waals surface area (Å²) in [6.45, 7) is -1.05. The topological polar surface area (TPSA) is 82.2 Å². The average molecular weight is 328 g/mol. The van der Waals surface area contributed by atoms with E-state index in [0.29, 0.717) is 17.1 Å². The van der Waals surface area contributed by atoms with E-state index in [1.165, 1.54) is 31.5 Å². The second kappa shape index (κ2) is 6.59. The van der Waals surface area contributed by atoms with Gasteiger partial charge < -0.3 is 20.4 Å². The summed E-state index contributed by atoms with van der Waals surface area (Å²) in [5, 5.41) is 2.90. The maximum absolute atomic E-state index is 12.5. The minimum Gasteiger partial charge on any atom is -0.465 e. The summed E-state index contributed by atoms with van der Waals surface area (Å²) in [5.41, 5.74) is 7.20. The van der Waals surface area contributed by atoms with Crippen LogP contribution in [0.1, 0.15) is 16.1 Å². The molecule has 0 saturated carbocycles. The summed E-state index contributed by atoms with van der Waals surface area (Å²) in [5.74, 6) is -0.532. The monoisotopic (exact) mass is 328 g/mol. The summed E-state index contributed by atoms with van der Waals surface area (Å²) in [4.78, 5) is 15.2. The fourth-order valence-corrected chi connectivity index (χ4v) is 1.97. The molecule has 0 aliphatic rings. The Morgan fingerprint density at radius 1 is 1.43 bits per heavy atom. The molecule has 0 radical (unpaired) electrons. The highest BCUT2D eigenvalue weighted by molar-refractivity contribution is 5.91. The molecule has 3 N–H and O–H groups in total. The van der Waals surface area contributed by atoms with Crippen LogP contribution >= 0.6 is 0 Å². The molecule has 2 aromatic rings. The first-order valence-electron chi connectivity index (χ1n) is 6.57. The Labute approximate surface area is 130 Å². The largest absolute Gasteiger partial charge is 0.465 e. The molecule has 0 saturated heterocycles. The zero-order valence-corrected chi connectivity index (χ0v) is 12.2. The molecular weight excluding hydrogens is 313 g/mol. The van der Waals surface area contributed by atoms with Gasteiger partial charge in [-0.2, -0.15) is 13.2 Å². The Morgan fingerprint density at radius 3 is 2.83 bits per heavy atom. The maximum atomic E-state index is 12.5. The quantitative estimate of drug-likeness (QED) is 0.651. The fraction of sp³-hybridized carbons (Fsp3) is 0.286. The maximum Gasteiger partial charge on any atom is 0.406 e. The fourth-order valence-electron chi connectivity index (χ4n) is 1.97. The summed E-state index contributed by atoms with van der Waals surface area (Å²) in [6.07, 6.45) is -1.89. The van der Waals surface area contributed by atoms with E-state index in [0.717, 1.165) is 10.9 Å². The Kier molecular flexibility index (Phi) is 4.77. The summed E-state index contributed by atoms with van der Waals surface area (Å²) in [6, 6.07) is 4.49. The van der Waals surface area contributed by atoms with Crippen molar-refractivity contribution in [2.24, 2.45) is 0 Å². The van der Waals surface area contributed by atoms with Gasteiger partial charge in [0.2, 0.25) is 0 Å². The number of carbonyl (C=O) groups is 1. The van der Waals surface area contributed by atoms with Gasteiger partial charge in [0.1, 0.15) is 6.54 Å². The summed E-state index contributed by atoms with van der Waals surface area (Å²) in [7, 11) is 1.25. The van der Waals surface area contributed by atoms with Crippen LogP contribution in [0, 0.1) is 0 Å². The van der Waals surface area contributed by atoms with Crippen molar-refractivity contribution in [3.63, 3.8) is 0 Å². The van der Waals surface area contributed by atoms with Crippen molar-refractivity contribution in [2.75, 3.05) is 18.2 Å². The zero-order valence-electron chi connectivity index (χ0n) is 12.2. The minimum absolute atomic E-state index is 0.0743. The standard InChI is InChI=1S/C14H15F3N4O2/c1-23-13(22)9-2-3-11(18)12(4-9)20-6-10-5-19-8-21(10)7-14(15,16)17/h2-5,8,20H,6-7,18H2,1H3. The first kappa shape index (κ1) is 16.7. The number of anilines is 2. The molecule has 0 aliphatic heterocycles. The molecule has 0 aliphatic carbocycles. The lowest BCUT2D eigenvalue weighted by Crippen LogP contribution is -2.19. The van der Waals surface area contributed by atoms with E-state index in [9.17, 15) is 18.0 Å². The van der Waals surface area contributed by atoms with Gasteiger partial charge in [-0.3, -0.25) is 0 Å². The number of alkyl halides is 3. The number of ether oxygens (including phenoxy) is 1. The molecule has 6 nitrogen and oxygen atoms in total. The van der Waals surface area contributed by atoms with Crippen LogP contribution < -0.4 is 11.1 Å². The smallest absolute Gasteiger partial charge is 0.406 e. The molecular formula is C14H15F3N4O2. The lowest BCUT2D eigenvalue weighted by atomic mass is 10.1. The number of nitrogens with two attached hydrogens (primary N) is 1. The van der Waals surface area contributed by atoms with Gasteiger partial charge in [0, 0.05) is 6.20 Å². The number of benzene rings is 1. The van der Waals surface area contributed by atoms with Crippen LogP contribution in [-0.4, -0.2) is 28.8 Å².